The molecular weight excluding hydrogens is 234 g/mol. The number of likely N-dealkylation sites (N-methyl/N-ethyl adjacent to an activating group) is 1. The van der Waals surface area contributed by atoms with Crippen LogP contribution in [0.15, 0.2) is 36.7 Å². The Morgan fingerprint density at radius 2 is 1.79 bits per heavy atom. The normalized spacial score (nSPS) is 12.4. The Morgan fingerprint density at radius 3 is 2.42 bits per heavy atom. The first-order valence-corrected chi connectivity index (χ1v) is 6.77. The molecule has 3 nitrogen and oxygen atoms in total. The van der Waals surface area contributed by atoms with Gasteiger partial charge in [0.15, 0.2) is 0 Å². The average molecular weight is 255 g/mol. The van der Waals surface area contributed by atoms with Gasteiger partial charge in [0, 0.05) is 12.4 Å². The van der Waals surface area contributed by atoms with E-state index in [1.807, 2.05) is 19.3 Å². The predicted molar refractivity (Wildman–Crippen MR) is 78.1 cm³/mol. The third-order valence-corrected chi connectivity index (χ3v) is 3.25. The Labute approximate surface area is 115 Å². The summed E-state index contributed by atoms with van der Waals surface area (Å²) in [6.45, 7) is 7.18. The summed E-state index contributed by atoms with van der Waals surface area (Å²) in [5, 5.41) is 3.47. The number of nitrogens with zero attached hydrogens (tertiary/aromatic N) is 2. The van der Waals surface area contributed by atoms with Gasteiger partial charge in [-0.1, -0.05) is 31.2 Å². The Morgan fingerprint density at radius 1 is 1.11 bits per heavy atom. The largest absolute Gasteiger partial charge is 0.307 e. The summed E-state index contributed by atoms with van der Waals surface area (Å²) in [7, 11) is 0. The minimum absolute atomic E-state index is 0.173. The predicted octanol–water partition coefficient (Wildman–Crippen LogP) is 2.99. The first kappa shape index (κ1) is 13.7. The van der Waals surface area contributed by atoms with Crippen LogP contribution >= 0.6 is 0 Å². The van der Waals surface area contributed by atoms with Crippen LogP contribution < -0.4 is 5.32 Å². The molecule has 1 heterocycles. The van der Waals surface area contributed by atoms with Gasteiger partial charge in [-0.2, -0.15) is 0 Å². The highest BCUT2D eigenvalue weighted by molar-refractivity contribution is 5.27. The van der Waals surface area contributed by atoms with Gasteiger partial charge in [0.2, 0.25) is 0 Å². The standard InChI is InChI=1S/C16H21N3/c1-4-17-15(16-18-10-12(2)11-19-16)9-14-8-6-5-7-13(14)3/h5-8,10-11,15,17H,4,9H2,1-3H3. The van der Waals surface area contributed by atoms with Crippen LogP contribution in [0.2, 0.25) is 0 Å². The average Bonchev–Trinajstić information content (AvgIpc) is 2.42. The SMILES string of the molecule is CCNC(Cc1ccccc1C)c1ncc(C)cn1. The molecule has 100 valence electrons. The number of nitrogens with one attached hydrogen (secondary N) is 1. The van der Waals surface area contributed by atoms with Crippen LogP contribution in [-0.2, 0) is 6.42 Å². The molecule has 0 radical (unpaired) electrons. The van der Waals surface area contributed by atoms with Crippen molar-refractivity contribution in [2.45, 2.75) is 33.2 Å². The summed E-state index contributed by atoms with van der Waals surface area (Å²) in [5.41, 5.74) is 3.75. The summed E-state index contributed by atoms with van der Waals surface area (Å²) in [6, 6.07) is 8.65. The highest BCUT2D eigenvalue weighted by Gasteiger charge is 2.14. The second kappa shape index (κ2) is 6.43. The zero-order valence-electron chi connectivity index (χ0n) is 11.9. The highest BCUT2D eigenvalue weighted by atomic mass is 15.0. The molecule has 0 aliphatic heterocycles. The Bertz CT molecular complexity index is 520. The first-order valence-electron chi connectivity index (χ1n) is 6.77. The molecule has 0 spiro atoms. The van der Waals surface area contributed by atoms with Crippen molar-refractivity contribution < 1.29 is 0 Å². The molecule has 0 amide bonds. The van der Waals surface area contributed by atoms with E-state index in [-0.39, 0.29) is 6.04 Å². The van der Waals surface area contributed by atoms with Gasteiger partial charge in [0.1, 0.15) is 5.82 Å². The summed E-state index contributed by atoms with van der Waals surface area (Å²) >= 11 is 0. The summed E-state index contributed by atoms with van der Waals surface area (Å²) in [6.07, 6.45) is 4.68. The third kappa shape index (κ3) is 3.61. The molecule has 2 aromatic rings. The van der Waals surface area contributed by atoms with Crippen LogP contribution in [0.3, 0.4) is 0 Å². The third-order valence-electron chi connectivity index (χ3n) is 3.25. The fraction of sp³-hybridized carbons (Fsp3) is 0.375. The fourth-order valence-corrected chi connectivity index (χ4v) is 2.14. The zero-order valence-corrected chi connectivity index (χ0v) is 11.9. The molecule has 0 saturated heterocycles. The highest BCUT2D eigenvalue weighted by Crippen LogP contribution is 2.17. The Hall–Kier alpha value is -1.74. The van der Waals surface area contributed by atoms with Gasteiger partial charge in [-0.05, 0) is 43.5 Å². The second-order valence-corrected chi connectivity index (χ2v) is 4.86. The van der Waals surface area contributed by atoms with Gasteiger partial charge in [-0.25, -0.2) is 9.97 Å². The van der Waals surface area contributed by atoms with Crippen LogP contribution in [0, 0.1) is 13.8 Å². The van der Waals surface area contributed by atoms with Crippen molar-refractivity contribution in [3.63, 3.8) is 0 Å². The van der Waals surface area contributed by atoms with Crippen molar-refractivity contribution in [2.75, 3.05) is 6.54 Å². The summed E-state index contributed by atoms with van der Waals surface area (Å²) in [5.74, 6) is 0.871. The van der Waals surface area contributed by atoms with E-state index in [0.29, 0.717) is 0 Å². The van der Waals surface area contributed by atoms with Gasteiger partial charge < -0.3 is 5.32 Å². The van der Waals surface area contributed by atoms with Gasteiger partial charge in [0.25, 0.3) is 0 Å². The monoisotopic (exact) mass is 255 g/mol. The van der Waals surface area contributed by atoms with E-state index < -0.39 is 0 Å². The fourth-order valence-electron chi connectivity index (χ4n) is 2.14. The van der Waals surface area contributed by atoms with Crippen LogP contribution in [0.1, 0.15) is 35.5 Å². The van der Waals surface area contributed by atoms with E-state index in [1.165, 1.54) is 11.1 Å². The molecule has 3 heteroatoms. The zero-order chi connectivity index (χ0) is 13.7. The van der Waals surface area contributed by atoms with Gasteiger partial charge >= 0.3 is 0 Å². The van der Waals surface area contributed by atoms with E-state index >= 15 is 0 Å². The first-order chi connectivity index (χ1) is 9.20. The summed E-state index contributed by atoms with van der Waals surface area (Å²) < 4.78 is 0. The maximum Gasteiger partial charge on any atom is 0.145 e. The van der Waals surface area contributed by atoms with Crippen LogP contribution in [0.5, 0.6) is 0 Å². The molecule has 1 N–H and O–H groups in total. The number of aryl methyl sites for hydroxylation is 2. The number of benzene rings is 1. The van der Waals surface area contributed by atoms with Crippen molar-refractivity contribution in [2.24, 2.45) is 0 Å². The smallest absolute Gasteiger partial charge is 0.145 e. The molecule has 0 saturated carbocycles. The summed E-state index contributed by atoms with van der Waals surface area (Å²) in [4.78, 5) is 8.90. The molecule has 19 heavy (non-hydrogen) atoms. The van der Waals surface area contributed by atoms with Crippen molar-refractivity contribution in [3.8, 4) is 0 Å². The Balaban J connectivity index is 2.21. The molecule has 1 atom stereocenters. The number of hydrogen-bond donors (Lipinski definition) is 1. The van der Waals surface area contributed by atoms with E-state index in [9.17, 15) is 0 Å². The molecule has 1 aromatic heterocycles. The molecule has 0 aliphatic carbocycles. The minimum Gasteiger partial charge on any atom is -0.307 e. The van der Waals surface area contributed by atoms with Crippen molar-refractivity contribution in [3.05, 3.63) is 59.2 Å². The van der Waals surface area contributed by atoms with Crippen molar-refractivity contribution in [1.29, 1.82) is 0 Å². The molecular formula is C16H21N3. The lowest BCUT2D eigenvalue weighted by Gasteiger charge is -2.17. The van der Waals surface area contributed by atoms with Gasteiger partial charge in [0.05, 0.1) is 6.04 Å². The lowest BCUT2D eigenvalue weighted by molar-refractivity contribution is 0.520. The molecule has 1 unspecified atom stereocenters. The molecule has 0 fully saturated rings. The maximum atomic E-state index is 4.45. The van der Waals surface area contributed by atoms with Crippen LogP contribution in [-0.4, -0.2) is 16.5 Å². The second-order valence-electron chi connectivity index (χ2n) is 4.86. The number of hydrogen-bond acceptors (Lipinski definition) is 3. The lowest BCUT2D eigenvalue weighted by Crippen LogP contribution is -2.25. The Kier molecular flexibility index (Phi) is 4.63. The van der Waals surface area contributed by atoms with Gasteiger partial charge in [-0.3, -0.25) is 0 Å². The van der Waals surface area contributed by atoms with E-state index in [0.717, 1.165) is 24.4 Å². The maximum absolute atomic E-state index is 4.45. The quantitative estimate of drug-likeness (QED) is 0.892. The van der Waals surface area contributed by atoms with Gasteiger partial charge in [-0.15, -0.1) is 0 Å². The number of rotatable bonds is 5. The van der Waals surface area contributed by atoms with Crippen molar-refractivity contribution >= 4 is 0 Å². The number of aromatic nitrogens is 2. The molecule has 0 aliphatic rings. The van der Waals surface area contributed by atoms with Crippen molar-refractivity contribution in [1.82, 2.24) is 15.3 Å². The van der Waals surface area contributed by atoms with Crippen LogP contribution in [0.4, 0.5) is 0 Å². The van der Waals surface area contributed by atoms with E-state index in [4.69, 9.17) is 0 Å². The minimum atomic E-state index is 0.173. The molecule has 2 rings (SSSR count). The molecule has 1 aromatic carbocycles. The molecule has 0 bridgehead atoms. The van der Waals surface area contributed by atoms with E-state index in [1.54, 1.807) is 0 Å². The van der Waals surface area contributed by atoms with E-state index in [2.05, 4.69) is 53.4 Å². The lowest BCUT2D eigenvalue weighted by atomic mass is 10.0. The van der Waals surface area contributed by atoms with Crippen LogP contribution in [0.25, 0.3) is 0 Å². The topological polar surface area (TPSA) is 37.8 Å².